The third-order valence-electron chi connectivity index (χ3n) is 5.62. The number of aromatic amines is 1. The first kappa shape index (κ1) is 23.5. The number of amides is 2. The number of methoxy groups -OCH3 is 1. The minimum Gasteiger partial charge on any atom is -0.508 e. The third kappa shape index (κ3) is 5.14. The van der Waals surface area contributed by atoms with E-state index in [-0.39, 0.29) is 29.7 Å². The number of esters is 1. The Morgan fingerprint density at radius 3 is 2.43 bits per heavy atom. The molecule has 1 aromatic heterocycles. The van der Waals surface area contributed by atoms with Gasteiger partial charge in [-0.2, -0.15) is 0 Å². The number of hydrogen-bond acceptors (Lipinski definition) is 6. The van der Waals surface area contributed by atoms with Gasteiger partial charge in [-0.05, 0) is 42.0 Å². The Balaban J connectivity index is 1.67. The Kier molecular flexibility index (Phi) is 6.77. The molecule has 0 aliphatic carbocycles. The molecule has 9 nitrogen and oxygen atoms in total. The van der Waals surface area contributed by atoms with Crippen LogP contribution < -0.4 is 16.1 Å². The highest BCUT2D eigenvalue weighted by Gasteiger charge is 2.24. The van der Waals surface area contributed by atoms with Crippen LogP contribution in [0.4, 0.5) is 0 Å². The Bertz CT molecular complexity index is 1480. The molecule has 2 amide bonds. The molecular formula is C26H23N3O6. The lowest BCUT2D eigenvalue weighted by molar-refractivity contribution is -0.141. The quantitative estimate of drug-likeness (QED) is 0.239. The summed E-state index contributed by atoms with van der Waals surface area (Å²) < 4.78 is 4.55. The van der Waals surface area contributed by atoms with Crippen molar-refractivity contribution in [2.75, 3.05) is 13.7 Å². The van der Waals surface area contributed by atoms with Gasteiger partial charge in [0.25, 0.3) is 5.91 Å². The van der Waals surface area contributed by atoms with Crippen molar-refractivity contribution in [1.82, 2.24) is 15.6 Å². The van der Waals surface area contributed by atoms with E-state index in [2.05, 4.69) is 20.4 Å². The number of aromatic hydroxyl groups is 1. The van der Waals surface area contributed by atoms with Gasteiger partial charge in [0, 0.05) is 22.7 Å². The Morgan fingerprint density at radius 2 is 1.69 bits per heavy atom. The lowest BCUT2D eigenvalue weighted by atomic mass is 10.0. The van der Waals surface area contributed by atoms with E-state index in [0.717, 1.165) is 0 Å². The molecule has 0 aliphatic heterocycles. The van der Waals surface area contributed by atoms with Crippen LogP contribution in [0.2, 0.25) is 0 Å². The first-order valence-corrected chi connectivity index (χ1v) is 10.8. The van der Waals surface area contributed by atoms with Crippen LogP contribution in [0.15, 0.2) is 71.5 Å². The number of fused-ring (bicyclic) bond motifs is 2. The summed E-state index contributed by atoms with van der Waals surface area (Å²) in [5.41, 5.74) is 1.61. The molecule has 4 N–H and O–H groups in total. The van der Waals surface area contributed by atoms with Crippen LogP contribution in [-0.4, -0.2) is 47.6 Å². The summed E-state index contributed by atoms with van der Waals surface area (Å²) in [7, 11) is 1.20. The van der Waals surface area contributed by atoms with Crippen LogP contribution in [0.1, 0.15) is 15.9 Å². The maximum Gasteiger partial charge on any atom is 0.325 e. The highest BCUT2D eigenvalue weighted by molar-refractivity contribution is 6.08. The highest BCUT2D eigenvalue weighted by atomic mass is 16.5. The minimum atomic E-state index is -1.04. The number of benzene rings is 3. The first-order valence-electron chi connectivity index (χ1n) is 10.8. The SMILES string of the molecule is COC(=O)CNC(=O)[C@H](Cc1ccc(O)cc1)NC(=O)c1cccc2c(=O)c3ccccc3[nH]c12. The molecule has 4 aromatic rings. The topological polar surface area (TPSA) is 138 Å². The van der Waals surface area contributed by atoms with E-state index in [9.17, 15) is 24.3 Å². The molecule has 3 aromatic carbocycles. The molecule has 0 saturated carbocycles. The number of hydrogen-bond donors (Lipinski definition) is 4. The normalized spacial score (nSPS) is 11.7. The van der Waals surface area contributed by atoms with E-state index in [1.54, 1.807) is 54.6 Å². The summed E-state index contributed by atoms with van der Waals surface area (Å²) in [5.74, 6) is -1.72. The van der Waals surface area contributed by atoms with Crippen molar-refractivity contribution in [1.29, 1.82) is 0 Å². The number of H-pyrrole nitrogens is 1. The molecule has 0 aliphatic rings. The van der Waals surface area contributed by atoms with Gasteiger partial charge >= 0.3 is 5.97 Å². The second kappa shape index (κ2) is 10.1. The van der Waals surface area contributed by atoms with Crippen molar-refractivity contribution < 1.29 is 24.2 Å². The monoisotopic (exact) mass is 473 g/mol. The third-order valence-corrected chi connectivity index (χ3v) is 5.62. The molecule has 178 valence electrons. The molecule has 35 heavy (non-hydrogen) atoms. The van der Waals surface area contributed by atoms with Gasteiger partial charge in [0.2, 0.25) is 5.91 Å². The zero-order valence-corrected chi connectivity index (χ0v) is 18.8. The van der Waals surface area contributed by atoms with Crippen molar-refractivity contribution in [3.8, 4) is 5.75 Å². The zero-order chi connectivity index (χ0) is 24.9. The molecule has 1 atom stereocenters. The number of pyridine rings is 1. The number of carbonyl (C=O) groups excluding carboxylic acids is 3. The smallest absolute Gasteiger partial charge is 0.325 e. The Hall–Kier alpha value is -4.66. The van der Waals surface area contributed by atoms with Crippen molar-refractivity contribution in [3.05, 3.63) is 88.1 Å². The summed E-state index contributed by atoms with van der Waals surface area (Å²) in [6.45, 7) is -0.356. The minimum absolute atomic E-state index is 0.0661. The van der Waals surface area contributed by atoms with Gasteiger partial charge in [-0.1, -0.05) is 30.3 Å². The molecule has 0 saturated heterocycles. The second-order valence-corrected chi connectivity index (χ2v) is 7.92. The molecule has 0 fully saturated rings. The van der Waals surface area contributed by atoms with E-state index >= 15 is 0 Å². The van der Waals surface area contributed by atoms with Crippen molar-refractivity contribution in [2.24, 2.45) is 0 Å². The van der Waals surface area contributed by atoms with Gasteiger partial charge in [-0.3, -0.25) is 19.2 Å². The van der Waals surface area contributed by atoms with E-state index < -0.39 is 23.8 Å². The largest absolute Gasteiger partial charge is 0.508 e. The van der Waals surface area contributed by atoms with Gasteiger partial charge in [-0.25, -0.2) is 0 Å². The van der Waals surface area contributed by atoms with Crippen molar-refractivity contribution >= 4 is 39.6 Å². The molecular weight excluding hydrogens is 450 g/mol. The van der Waals surface area contributed by atoms with Crippen molar-refractivity contribution in [3.63, 3.8) is 0 Å². The van der Waals surface area contributed by atoms with Crippen LogP contribution in [0.5, 0.6) is 5.75 Å². The second-order valence-electron chi connectivity index (χ2n) is 7.92. The van der Waals surface area contributed by atoms with Crippen LogP contribution in [0, 0.1) is 0 Å². The molecule has 0 radical (unpaired) electrons. The fraction of sp³-hybridized carbons (Fsp3) is 0.154. The highest BCUT2D eigenvalue weighted by Crippen LogP contribution is 2.19. The average molecular weight is 473 g/mol. The van der Waals surface area contributed by atoms with Gasteiger partial charge in [-0.15, -0.1) is 0 Å². The standard InChI is InChI=1S/C26H23N3O6/c1-35-22(31)14-27-26(34)21(13-15-9-11-16(30)12-10-15)29-25(33)19-7-4-6-18-23(19)28-20-8-3-2-5-17(20)24(18)32/h2-12,21,30H,13-14H2,1H3,(H,27,34)(H,28,32)(H,29,33)/t21-/m0/s1. The number of ether oxygens (including phenoxy) is 1. The van der Waals surface area contributed by atoms with Gasteiger partial charge < -0.3 is 25.5 Å². The Morgan fingerprint density at radius 1 is 0.971 bits per heavy atom. The van der Waals surface area contributed by atoms with Crippen LogP contribution in [0.25, 0.3) is 21.8 Å². The Labute approximate surface area is 199 Å². The van der Waals surface area contributed by atoms with E-state index in [4.69, 9.17) is 0 Å². The van der Waals surface area contributed by atoms with Crippen LogP contribution in [0.3, 0.4) is 0 Å². The number of carbonyl (C=O) groups is 3. The number of nitrogens with one attached hydrogen (secondary N) is 3. The summed E-state index contributed by atoms with van der Waals surface area (Å²) >= 11 is 0. The maximum atomic E-state index is 13.3. The first-order chi connectivity index (χ1) is 16.9. The molecule has 4 rings (SSSR count). The summed E-state index contributed by atoms with van der Waals surface area (Å²) in [5, 5.41) is 15.6. The number of para-hydroxylation sites is 2. The summed E-state index contributed by atoms with van der Waals surface area (Å²) in [4.78, 5) is 53.8. The molecule has 0 spiro atoms. The van der Waals surface area contributed by atoms with E-state index in [1.807, 2.05) is 0 Å². The van der Waals surface area contributed by atoms with Crippen LogP contribution >= 0.6 is 0 Å². The van der Waals surface area contributed by atoms with Gasteiger partial charge in [0.1, 0.15) is 18.3 Å². The fourth-order valence-electron chi connectivity index (χ4n) is 3.80. The fourth-order valence-corrected chi connectivity index (χ4v) is 3.80. The summed E-state index contributed by atoms with van der Waals surface area (Å²) in [6, 6.07) is 17.0. The summed E-state index contributed by atoms with van der Waals surface area (Å²) in [6.07, 6.45) is 0.100. The number of phenols is 1. The molecule has 0 unspecified atom stereocenters. The van der Waals surface area contributed by atoms with Crippen molar-refractivity contribution in [2.45, 2.75) is 12.5 Å². The van der Waals surface area contributed by atoms with E-state index in [1.165, 1.54) is 19.2 Å². The van der Waals surface area contributed by atoms with Gasteiger partial charge in [0.15, 0.2) is 5.43 Å². The molecule has 0 bridgehead atoms. The zero-order valence-electron chi connectivity index (χ0n) is 18.8. The van der Waals surface area contributed by atoms with Crippen LogP contribution in [-0.2, 0) is 20.7 Å². The maximum absolute atomic E-state index is 13.3. The number of phenolic OH excluding ortho intramolecular Hbond substituents is 1. The predicted octanol–water partition coefficient (Wildman–Crippen LogP) is 2.02. The van der Waals surface area contributed by atoms with E-state index in [0.29, 0.717) is 27.4 Å². The number of rotatable bonds is 7. The lowest BCUT2D eigenvalue weighted by Crippen LogP contribution is -2.49. The predicted molar refractivity (Wildman–Crippen MR) is 130 cm³/mol. The number of aromatic nitrogens is 1. The molecule has 9 heteroatoms. The average Bonchev–Trinajstić information content (AvgIpc) is 2.87. The molecule has 1 heterocycles. The van der Waals surface area contributed by atoms with Gasteiger partial charge in [0.05, 0.1) is 18.2 Å². The lowest BCUT2D eigenvalue weighted by Gasteiger charge is -2.19.